The number of nitrogens with one attached hydrogen (secondary N) is 2. The van der Waals surface area contributed by atoms with E-state index in [1.165, 1.54) is 0 Å². The molecule has 2 rings (SSSR count). The molecule has 0 bridgehead atoms. The first-order valence-corrected chi connectivity index (χ1v) is 7.79. The Morgan fingerprint density at radius 1 is 1.38 bits per heavy atom. The fraction of sp³-hybridized carbons (Fsp3) is 0.562. The summed E-state index contributed by atoms with van der Waals surface area (Å²) in [7, 11) is 0. The van der Waals surface area contributed by atoms with Crippen LogP contribution in [0, 0.1) is 0 Å². The van der Waals surface area contributed by atoms with Crippen LogP contribution in [0.4, 0.5) is 5.69 Å². The van der Waals surface area contributed by atoms with Crippen molar-refractivity contribution in [2.24, 2.45) is 0 Å². The highest BCUT2D eigenvalue weighted by Crippen LogP contribution is 2.28. The lowest BCUT2D eigenvalue weighted by Gasteiger charge is -2.27. The minimum atomic E-state index is 0.0204. The van der Waals surface area contributed by atoms with Crippen molar-refractivity contribution in [3.63, 3.8) is 0 Å². The molecule has 4 nitrogen and oxygen atoms in total. The zero-order chi connectivity index (χ0) is 15.5. The van der Waals surface area contributed by atoms with Crippen LogP contribution in [0.15, 0.2) is 18.2 Å². The van der Waals surface area contributed by atoms with Crippen molar-refractivity contribution in [2.45, 2.75) is 39.3 Å². The van der Waals surface area contributed by atoms with E-state index >= 15 is 0 Å². The second-order valence-corrected chi connectivity index (χ2v) is 6.87. The first-order chi connectivity index (χ1) is 9.87. The van der Waals surface area contributed by atoms with E-state index in [-0.39, 0.29) is 11.4 Å². The van der Waals surface area contributed by atoms with Crippen molar-refractivity contribution in [1.82, 2.24) is 10.6 Å². The standard InChI is InChI=1S/C16H24ClN3O/c1-16(2,3)19-10-12-13(17)6-4-7-14(12)20-9-5-8-18-15(21)11-20/h4,6-7,19H,5,8-11H2,1-3H3,(H,18,21). The first-order valence-electron chi connectivity index (χ1n) is 7.41. The van der Waals surface area contributed by atoms with E-state index in [1.807, 2.05) is 18.2 Å². The third-order valence-corrected chi connectivity index (χ3v) is 3.85. The summed E-state index contributed by atoms with van der Waals surface area (Å²) in [5.41, 5.74) is 2.13. The lowest BCUT2D eigenvalue weighted by molar-refractivity contribution is -0.119. The van der Waals surface area contributed by atoms with E-state index in [9.17, 15) is 4.79 Å². The summed E-state index contributed by atoms with van der Waals surface area (Å²) in [5, 5.41) is 7.12. The Balaban J connectivity index is 2.25. The molecule has 1 heterocycles. The lowest BCUT2D eigenvalue weighted by Crippen LogP contribution is -2.37. The summed E-state index contributed by atoms with van der Waals surface area (Å²) in [4.78, 5) is 13.9. The van der Waals surface area contributed by atoms with Gasteiger partial charge in [-0.05, 0) is 39.3 Å². The Morgan fingerprint density at radius 2 is 2.14 bits per heavy atom. The number of amides is 1. The number of hydrogen-bond donors (Lipinski definition) is 2. The molecule has 0 unspecified atom stereocenters. The van der Waals surface area contributed by atoms with E-state index in [0.717, 1.165) is 35.8 Å². The highest BCUT2D eigenvalue weighted by molar-refractivity contribution is 6.31. The third-order valence-electron chi connectivity index (χ3n) is 3.49. The molecule has 0 radical (unpaired) electrons. The van der Waals surface area contributed by atoms with Crippen molar-refractivity contribution < 1.29 is 4.79 Å². The molecule has 5 heteroatoms. The molecule has 1 aromatic carbocycles. The number of nitrogens with zero attached hydrogens (tertiary/aromatic N) is 1. The van der Waals surface area contributed by atoms with Gasteiger partial charge in [0.1, 0.15) is 0 Å². The molecule has 0 aromatic heterocycles. The van der Waals surface area contributed by atoms with Gasteiger partial charge in [0.15, 0.2) is 0 Å². The van der Waals surface area contributed by atoms with Crippen molar-refractivity contribution in [2.75, 3.05) is 24.5 Å². The van der Waals surface area contributed by atoms with Gasteiger partial charge in [-0.25, -0.2) is 0 Å². The molecule has 1 aliphatic heterocycles. The Morgan fingerprint density at radius 3 is 2.86 bits per heavy atom. The monoisotopic (exact) mass is 309 g/mol. The number of anilines is 1. The van der Waals surface area contributed by atoms with Gasteiger partial charge in [-0.1, -0.05) is 17.7 Å². The minimum absolute atomic E-state index is 0.0204. The lowest BCUT2D eigenvalue weighted by atomic mass is 10.1. The van der Waals surface area contributed by atoms with Crippen molar-refractivity contribution >= 4 is 23.2 Å². The molecule has 1 saturated heterocycles. The van der Waals surface area contributed by atoms with Gasteiger partial charge in [0.25, 0.3) is 0 Å². The Hall–Kier alpha value is -1.26. The van der Waals surface area contributed by atoms with Crippen LogP contribution in [0.2, 0.25) is 5.02 Å². The second-order valence-electron chi connectivity index (χ2n) is 6.47. The van der Waals surface area contributed by atoms with Crippen LogP contribution in [0.5, 0.6) is 0 Å². The number of benzene rings is 1. The summed E-state index contributed by atoms with van der Waals surface area (Å²) < 4.78 is 0. The molecule has 116 valence electrons. The molecule has 2 N–H and O–H groups in total. The SMILES string of the molecule is CC(C)(C)NCc1c(Cl)cccc1N1CCCNC(=O)C1. The van der Waals surface area contributed by atoms with Gasteiger partial charge in [0, 0.05) is 41.4 Å². The van der Waals surface area contributed by atoms with Crippen LogP contribution in [0.1, 0.15) is 32.8 Å². The van der Waals surface area contributed by atoms with Crippen LogP contribution in [0.25, 0.3) is 0 Å². The van der Waals surface area contributed by atoms with Crippen LogP contribution in [0.3, 0.4) is 0 Å². The maximum absolute atomic E-state index is 11.8. The van der Waals surface area contributed by atoms with Crippen molar-refractivity contribution in [3.05, 3.63) is 28.8 Å². The Bertz CT molecular complexity index is 511. The van der Waals surface area contributed by atoms with Crippen LogP contribution in [-0.4, -0.2) is 31.1 Å². The molecule has 1 amide bonds. The topological polar surface area (TPSA) is 44.4 Å². The van der Waals surface area contributed by atoms with Gasteiger partial charge in [-0.15, -0.1) is 0 Å². The number of halogens is 1. The fourth-order valence-electron chi connectivity index (χ4n) is 2.38. The largest absolute Gasteiger partial charge is 0.362 e. The van der Waals surface area contributed by atoms with Crippen molar-refractivity contribution in [1.29, 1.82) is 0 Å². The first kappa shape index (κ1) is 16.1. The molecule has 1 aliphatic rings. The average Bonchev–Trinajstić information content (AvgIpc) is 2.60. The summed E-state index contributed by atoms with van der Waals surface area (Å²) in [6, 6.07) is 5.90. The minimum Gasteiger partial charge on any atom is -0.362 e. The average molecular weight is 310 g/mol. The highest BCUT2D eigenvalue weighted by Gasteiger charge is 2.20. The van der Waals surface area contributed by atoms with E-state index in [4.69, 9.17) is 11.6 Å². The number of carbonyl (C=O) groups is 1. The maximum atomic E-state index is 11.8. The van der Waals surface area contributed by atoms with Crippen LogP contribution < -0.4 is 15.5 Å². The molecule has 1 aromatic rings. The number of rotatable bonds is 3. The van der Waals surface area contributed by atoms with Crippen molar-refractivity contribution in [3.8, 4) is 0 Å². The smallest absolute Gasteiger partial charge is 0.239 e. The molecule has 21 heavy (non-hydrogen) atoms. The van der Waals surface area contributed by atoms with Gasteiger partial charge in [0.05, 0.1) is 6.54 Å². The van der Waals surface area contributed by atoms with Gasteiger partial charge >= 0.3 is 0 Å². The predicted molar refractivity (Wildman–Crippen MR) is 87.9 cm³/mol. The van der Waals surface area contributed by atoms with E-state index in [0.29, 0.717) is 13.1 Å². The van der Waals surface area contributed by atoms with Crippen LogP contribution in [-0.2, 0) is 11.3 Å². The number of carbonyl (C=O) groups excluding carboxylic acids is 1. The number of hydrogen-bond acceptors (Lipinski definition) is 3. The molecule has 1 fully saturated rings. The Kier molecular flexibility index (Phi) is 5.12. The highest BCUT2D eigenvalue weighted by atomic mass is 35.5. The van der Waals surface area contributed by atoms with Gasteiger partial charge in [-0.3, -0.25) is 4.79 Å². The van der Waals surface area contributed by atoms with E-state index in [1.54, 1.807) is 0 Å². The predicted octanol–water partition coefficient (Wildman–Crippen LogP) is 2.55. The van der Waals surface area contributed by atoms with E-state index in [2.05, 4.69) is 36.3 Å². The second kappa shape index (κ2) is 6.67. The quantitative estimate of drug-likeness (QED) is 0.902. The van der Waals surface area contributed by atoms with E-state index < -0.39 is 0 Å². The summed E-state index contributed by atoms with van der Waals surface area (Å²) in [6.45, 7) is 9.07. The third kappa shape index (κ3) is 4.61. The van der Waals surface area contributed by atoms with Crippen LogP contribution >= 0.6 is 11.6 Å². The summed E-state index contributed by atoms with van der Waals surface area (Å²) in [5.74, 6) is 0.0715. The zero-order valence-electron chi connectivity index (χ0n) is 13.0. The maximum Gasteiger partial charge on any atom is 0.239 e. The zero-order valence-corrected chi connectivity index (χ0v) is 13.8. The molecular weight excluding hydrogens is 286 g/mol. The van der Waals surface area contributed by atoms with Gasteiger partial charge in [-0.2, -0.15) is 0 Å². The van der Waals surface area contributed by atoms with Gasteiger partial charge < -0.3 is 15.5 Å². The molecule has 0 aliphatic carbocycles. The van der Waals surface area contributed by atoms with Gasteiger partial charge in [0.2, 0.25) is 5.91 Å². The molecular formula is C16H24ClN3O. The fourth-order valence-corrected chi connectivity index (χ4v) is 2.62. The molecule has 0 spiro atoms. The normalized spacial score (nSPS) is 16.6. The summed E-state index contributed by atoms with van der Waals surface area (Å²) >= 11 is 6.39. The summed E-state index contributed by atoms with van der Waals surface area (Å²) in [6.07, 6.45) is 0.949. The molecule has 0 saturated carbocycles. The molecule has 0 atom stereocenters. The Labute approximate surface area is 131 Å².